The van der Waals surface area contributed by atoms with E-state index in [1.165, 1.54) is 39.5 Å². The summed E-state index contributed by atoms with van der Waals surface area (Å²) >= 11 is 6.05. The van der Waals surface area contributed by atoms with Crippen molar-refractivity contribution in [2.75, 3.05) is 32.0 Å². The number of anilines is 2. The largest absolute Gasteiger partial charge is 0.493 e. The Kier molecular flexibility index (Phi) is 6.08. The number of carbonyl (C=O) groups excluding carboxylic acids is 2. The second-order valence-corrected chi connectivity index (χ2v) is 5.24. The Morgan fingerprint density at radius 1 is 0.920 bits per heavy atom. The summed E-state index contributed by atoms with van der Waals surface area (Å²) in [4.78, 5) is 23.7. The second-order valence-electron chi connectivity index (χ2n) is 4.84. The molecule has 0 radical (unpaired) electrons. The molecule has 0 unspecified atom stereocenters. The maximum absolute atomic E-state index is 12.2. The minimum absolute atomic E-state index is 0.272. The van der Waals surface area contributed by atoms with Gasteiger partial charge in [-0.25, -0.2) is 9.59 Å². The number of hydrogen-bond acceptors (Lipinski definition) is 5. The van der Waals surface area contributed by atoms with E-state index in [-0.39, 0.29) is 16.3 Å². The summed E-state index contributed by atoms with van der Waals surface area (Å²) in [5.74, 6) is 0.494. The first-order chi connectivity index (χ1) is 12.0. The monoisotopic (exact) mass is 364 g/mol. The average molecular weight is 365 g/mol. The minimum atomic E-state index is -0.531. The van der Waals surface area contributed by atoms with E-state index in [9.17, 15) is 9.59 Å². The molecule has 0 saturated heterocycles. The predicted octanol–water partition coefficient (Wildman–Crippen LogP) is 3.79. The van der Waals surface area contributed by atoms with E-state index >= 15 is 0 Å². The van der Waals surface area contributed by atoms with Crippen LogP contribution in [0.2, 0.25) is 5.02 Å². The van der Waals surface area contributed by atoms with E-state index < -0.39 is 12.0 Å². The van der Waals surface area contributed by atoms with Crippen LogP contribution in [0.15, 0.2) is 36.4 Å². The molecule has 0 aliphatic heterocycles. The molecule has 2 amide bonds. The van der Waals surface area contributed by atoms with Crippen LogP contribution < -0.4 is 20.1 Å². The van der Waals surface area contributed by atoms with Crippen LogP contribution in [-0.4, -0.2) is 33.3 Å². The summed E-state index contributed by atoms with van der Waals surface area (Å²) in [7, 11) is 4.29. The lowest BCUT2D eigenvalue weighted by molar-refractivity contribution is 0.0600. The number of hydrogen-bond donors (Lipinski definition) is 2. The number of esters is 1. The fourth-order valence-electron chi connectivity index (χ4n) is 2.06. The van der Waals surface area contributed by atoms with Crippen molar-refractivity contribution in [3.8, 4) is 11.5 Å². The second kappa shape index (κ2) is 8.25. The maximum atomic E-state index is 12.2. The van der Waals surface area contributed by atoms with Crippen molar-refractivity contribution in [1.29, 1.82) is 0 Å². The van der Waals surface area contributed by atoms with Crippen molar-refractivity contribution in [2.45, 2.75) is 0 Å². The number of benzene rings is 2. The minimum Gasteiger partial charge on any atom is -0.493 e. The van der Waals surface area contributed by atoms with Gasteiger partial charge in [0.05, 0.1) is 37.6 Å². The first kappa shape index (κ1) is 18.4. The van der Waals surface area contributed by atoms with E-state index in [1.807, 2.05) is 0 Å². The number of rotatable bonds is 5. The topological polar surface area (TPSA) is 85.9 Å². The molecule has 0 aliphatic rings. The van der Waals surface area contributed by atoms with Crippen molar-refractivity contribution in [3.63, 3.8) is 0 Å². The molecule has 0 atom stereocenters. The van der Waals surface area contributed by atoms with Crippen LogP contribution in [0.25, 0.3) is 0 Å². The molecule has 0 bridgehead atoms. The van der Waals surface area contributed by atoms with E-state index in [4.69, 9.17) is 21.1 Å². The van der Waals surface area contributed by atoms with Gasteiger partial charge in [-0.3, -0.25) is 0 Å². The third-order valence-electron chi connectivity index (χ3n) is 3.28. The van der Waals surface area contributed by atoms with Gasteiger partial charge in [0.25, 0.3) is 0 Å². The van der Waals surface area contributed by atoms with Gasteiger partial charge in [-0.2, -0.15) is 0 Å². The molecule has 2 aromatic carbocycles. The zero-order chi connectivity index (χ0) is 18.4. The molecule has 8 heteroatoms. The molecule has 0 aromatic heterocycles. The molecule has 0 fully saturated rings. The first-order valence-corrected chi connectivity index (χ1v) is 7.54. The fraction of sp³-hybridized carbons (Fsp3) is 0.176. The molecule has 2 N–H and O–H groups in total. The Balaban J connectivity index is 2.14. The Morgan fingerprint density at radius 3 is 2.28 bits per heavy atom. The number of halogens is 1. The molecular formula is C17H17ClN2O5. The number of carbonyl (C=O) groups is 2. The maximum Gasteiger partial charge on any atom is 0.337 e. The third kappa shape index (κ3) is 4.54. The molecule has 7 nitrogen and oxygen atoms in total. The Morgan fingerprint density at radius 2 is 1.64 bits per heavy atom. The zero-order valence-corrected chi connectivity index (χ0v) is 14.6. The van der Waals surface area contributed by atoms with Gasteiger partial charge in [0.15, 0.2) is 11.5 Å². The normalized spacial score (nSPS) is 9.92. The van der Waals surface area contributed by atoms with Crippen LogP contribution in [-0.2, 0) is 4.74 Å². The van der Waals surface area contributed by atoms with E-state index in [0.717, 1.165) is 0 Å². The van der Waals surface area contributed by atoms with Crippen LogP contribution in [0.5, 0.6) is 11.5 Å². The average Bonchev–Trinajstić information content (AvgIpc) is 2.62. The number of nitrogens with one attached hydrogen (secondary N) is 2. The summed E-state index contributed by atoms with van der Waals surface area (Å²) in [6.07, 6.45) is 0. The number of amides is 2. The highest BCUT2D eigenvalue weighted by Gasteiger charge is 2.12. The molecular weight excluding hydrogens is 348 g/mol. The molecule has 2 aromatic rings. The Hall–Kier alpha value is -2.93. The molecule has 0 aliphatic carbocycles. The molecule has 0 heterocycles. The highest BCUT2D eigenvalue weighted by atomic mass is 35.5. The summed E-state index contributed by atoms with van der Waals surface area (Å²) in [5.41, 5.74) is 1.05. The van der Waals surface area contributed by atoms with E-state index in [1.54, 1.807) is 18.2 Å². The van der Waals surface area contributed by atoms with E-state index in [0.29, 0.717) is 17.2 Å². The quantitative estimate of drug-likeness (QED) is 0.788. The third-order valence-corrected chi connectivity index (χ3v) is 3.61. The molecule has 0 spiro atoms. The van der Waals surface area contributed by atoms with Crippen molar-refractivity contribution >= 4 is 35.0 Å². The van der Waals surface area contributed by atoms with Crippen molar-refractivity contribution in [2.24, 2.45) is 0 Å². The number of urea groups is 1. The molecule has 25 heavy (non-hydrogen) atoms. The Labute approximate surface area is 149 Å². The van der Waals surface area contributed by atoms with Crippen LogP contribution in [0.3, 0.4) is 0 Å². The van der Waals surface area contributed by atoms with E-state index in [2.05, 4.69) is 15.4 Å². The van der Waals surface area contributed by atoms with Gasteiger partial charge in [-0.15, -0.1) is 0 Å². The highest BCUT2D eigenvalue weighted by molar-refractivity contribution is 6.34. The van der Waals surface area contributed by atoms with Crippen LogP contribution in [0.1, 0.15) is 10.4 Å². The summed E-state index contributed by atoms with van der Waals surface area (Å²) in [6, 6.07) is 8.85. The fourth-order valence-corrected chi connectivity index (χ4v) is 2.23. The van der Waals surface area contributed by atoms with Gasteiger partial charge in [0.1, 0.15) is 0 Å². The summed E-state index contributed by atoms with van der Waals surface area (Å²) in [5, 5.41) is 5.52. The van der Waals surface area contributed by atoms with Gasteiger partial charge in [0, 0.05) is 11.8 Å². The van der Waals surface area contributed by atoms with Gasteiger partial charge in [-0.05, 0) is 30.3 Å². The lowest BCUT2D eigenvalue weighted by Crippen LogP contribution is -2.20. The summed E-state index contributed by atoms with van der Waals surface area (Å²) < 4.78 is 15.0. The Bertz CT molecular complexity index is 795. The van der Waals surface area contributed by atoms with Crippen molar-refractivity contribution in [3.05, 3.63) is 47.0 Å². The van der Waals surface area contributed by atoms with Gasteiger partial charge < -0.3 is 24.8 Å². The standard InChI is InChI=1S/C17H17ClN2O5/c1-23-14-7-5-11(9-15(14)24-2)19-17(22)20-13-8-10(16(21)25-3)4-6-12(13)18/h4-9H,1-3H3,(H2,19,20,22). The smallest absolute Gasteiger partial charge is 0.337 e. The van der Waals surface area contributed by atoms with Gasteiger partial charge >= 0.3 is 12.0 Å². The van der Waals surface area contributed by atoms with Gasteiger partial charge in [-0.1, -0.05) is 11.6 Å². The highest BCUT2D eigenvalue weighted by Crippen LogP contribution is 2.30. The van der Waals surface area contributed by atoms with Crippen LogP contribution in [0.4, 0.5) is 16.2 Å². The lowest BCUT2D eigenvalue weighted by atomic mass is 10.2. The number of ether oxygens (including phenoxy) is 3. The van der Waals surface area contributed by atoms with Crippen LogP contribution >= 0.6 is 11.6 Å². The van der Waals surface area contributed by atoms with Crippen molar-refractivity contribution in [1.82, 2.24) is 0 Å². The molecule has 0 saturated carbocycles. The van der Waals surface area contributed by atoms with Gasteiger partial charge in [0.2, 0.25) is 0 Å². The summed E-state index contributed by atoms with van der Waals surface area (Å²) in [6.45, 7) is 0. The first-order valence-electron chi connectivity index (χ1n) is 7.16. The molecule has 2 rings (SSSR count). The zero-order valence-electron chi connectivity index (χ0n) is 13.9. The predicted molar refractivity (Wildman–Crippen MR) is 95.0 cm³/mol. The number of methoxy groups -OCH3 is 3. The van der Waals surface area contributed by atoms with Crippen LogP contribution in [0, 0.1) is 0 Å². The van der Waals surface area contributed by atoms with Crippen molar-refractivity contribution < 1.29 is 23.8 Å². The SMILES string of the molecule is COC(=O)c1ccc(Cl)c(NC(=O)Nc2ccc(OC)c(OC)c2)c1. The molecule has 132 valence electrons. The lowest BCUT2D eigenvalue weighted by Gasteiger charge is -2.12.